The van der Waals surface area contributed by atoms with Gasteiger partial charge in [0.05, 0.1) is 24.8 Å². The van der Waals surface area contributed by atoms with Crippen molar-refractivity contribution in [3.8, 4) is 34.6 Å². The Morgan fingerprint density at radius 1 is 0.967 bits per heavy atom. The van der Waals surface area contributed by atoms with Gasteiger partial charge in [-0.15, -0.1) is 4.31 Å². The fraction of sp³-hybridized carbons (Fsp3) is 0.347. The average Bonchev–Trinajstić information content (AvgIpc) is 3.88. The third kappa shape index (κ3) is 9.50. The third-order valence-electron chi connectivity index (χ3n) is 11.1. The van der Waals surface area contributed by atoms with Crippen molar-refractivity contribution in [3.05, 3.63) is 137 Å². The van der Waals surface area contributed by atoms with Crippen LogP contribution in [0.5, 0.6) is 11.5 Å². The molecule has 7 rings (SSSR count). The summed E-state index contributed by atoms with van der Waals surface area (Å²) in [5, 5.41) is 5.31. The number of nitrogens with one attached hydrogen (secondary N) is 1. The Morgan fingerprint density at radius 3 is 2.37 bits per heavy atom. The van der Waals surface area contributed by atoms with E-state index in [2.05, 4.69) is 110 Å². The van der Waals surface area contributed by atoms with E-state index in [9.17, 15) is 9.35 Å². The summed E-state index contributed by atoms with van der Waals surface area (Å²) in [6.07, 6.45) is 2.37. The zero-order valence-corrected chi connectivity index (χ0v) is 37.4. The maximum absolute atomic E-state index is 14.3. The van der Waals surface area contributed by atoms with E-state index in [1.807, 2.05) is 67.5 Å². The molecule has 0 saturated carbocycles. The highest BCUT2D eigenvalue weighted by atomic mass is 32.2. The van der Waals surface area contributed by atoms with E-state index in [4.69, 9.17) is 18.9 Å². The molecule has 2 aliphatic heterocycles. The largest absolute Gasteiger partial charge is 0.598 e. The predicted octanol–water partition coefficient (Wildman–Crippen LogP) is 7.61. The van der Waals surface area contributed by atoms with Gasteiger partial charge in [-0.3, -0.25) is 9.69 Å². The van der Waals surface area contributed by atoms with Gasteiger partial charge in [0.15, 0.2) is 11.5 Å². The van der Waals surface area contributed by atoms with Crippen LogP contribution < -0.4 is 25.2 Å². The molecule has 0 radical (unpaired) electrons. The number of ether oxygens (including phenoxy) is 2. The first-order valence-electron chi connectivity index (χ1n) is 20.8. The molecule has 1 aromatic heterocycles. The van der Waals surface area contributed by atoms with E-state index in [1.54, 1.807) is 0 Å². The summed E-state index contributed by atoms with van der Waals surface area (Å²) < 4.78 is 34.9. The van der Waals surface area contributed by atoms with Gasteiger partial charge in [-0.25, -0.2) is 4.98 Å². The van der Waals surface area contributed by atoms with Gasteiger partial charge in [0.1, 0.15) is 11.4 Å². The van der Waals surface area contributed by atoms with Crippen LogP contribution in [0.25, 0.3) is 11.3 Å². The molecule has 2 atom stereocenters. The summed E-state index contributed by atoms with van der Waals surface area (Å²) >= 11 is -1.28. The van der Waals surface area contributed by atoms with Gasteiger partial charge in [-0.05, 0) is 83.8 Å². The number of benzene rings is 4. The van der Waals surface area contributed by atoms with E-state index < -0.39 is 19.7 Å². The first kappa shape index (κ1) is 43.2. The molecule has 0 fully saturated rings. The van der Waals surface area contributed by atoms with E-state index in [0.717, 1.165) is 40.7 Å². The van der Waals surface area contributed by atoms with Crippen molar-refractivity contribution >= 4 is 36.0 Å². The van der Waals surface area contributed by atoms with Gasteiger partial charge in [0.2, 0.25) is 6.79 Å². The smallest absolute Gasteiger partial charge is 0.270 e. The normalized spacial score (nSPS) is 15.4. The van der Waals surface area contributed by atoms with E-state index in [0.29, 0.717) is 54.8 Å². The van der Waals surface area contributed by atoms with Crippen LogP contribution in [0.15, 0.2) is 109 Å². The number of carbonyl (C=O) groups is 1. The van der Waals surface area contributed by atoms with Crippen molar-refractivity contribution in [2.45, 2.75) is 71.1 Å². The molecule has 2 aliphatic rings. The molecule has 1 N–H and O–H groups in total. The van der Waals surface area contributed by atoms with E-state index >= 15 is 0 Å². The molecule has 1 amide bonds. The Labute approximate surface area is 359 Å². The minimum Gasteiger partial charge on any atom is -0.598 e. The third-order valence-corrected chi connectivity index (χ3v) is 17.7. The fourth-order valence-electron chi connectivity index (χ4n) is 8.21. The molecule has 3 heterocycles. The average molecular weight is 841 g/mol. The molecule has 4 aromatic carbocycles. The second-order valence-electron chi connectivity index (χ2n) is 16.7. The molecule has 0 aliphatic carbocycles. The number of hydrogen-bond acceptors (Lipinski definition) is 8. The fourth-order valence-corrected chi connectivity index (χ4v) is 14.3. The van der Waals surface area contributed by atoms with Crippen LogP contribution in [0.1, 0.15) is 85.7 Å². The van der Waals surface area contributed by atoms with Crippen LogP contribution in [0.4, 0.5) is 0 Å². The summed E-state index contributed by atoms with van der Waals surface area (Å²) in [6, 6.07) is 36.7. The van der Waals surface area contributed by atoms with E-state index in [-0.39, 0.29) is 30.3 Å². The van der Waals surface area contributed by atoms with Crippen molar-refractivity contribution in [1.82, 2.24) is 19.5 Å². The minimum atomic E-state index is -2.85. The number of hydrogen-bond donors (Lipinski definition) is 1. The van der Waals surface area contributed by atoms with Crippen LogP contribution in [0.3, 0.4) is 0 Å². The Hall–Kier alpha value is -4.93. The van der Waals surface area contributed by atoms with Gasteiger partial charge in [-0.1, -0.05) is 125 Å². The lowest BCUT2D eigenvalue weighted by Gasteiger charge is -2.43. The van der Waals surface area contributed by atoms with E-state index in [1.165, 1.54) is 10.4 Å². The number of nitrogens with zero attached hydrogens (tertiary/aromatic N) is 3. The Balaban J connectivity index is 1.28. The lowest BCUT2D eigenvalue weighted by Crippen LogP contribution is -2.66. The van der Waals surface area contributed by atoms with Crippen molar-refractivity contribution in [2.24, 2.45) is 0 Å². The highest BCUT2D eigenvalue weighted by molar-refractivity contribution is 7.89. The van der Waals surface area contributed by atoms with Crippen LogP contribution >= 0.6 is 0 Å². The summed E-state index contributed by atoms with van der Waals surface area (Å²) in [5.41, 5.74) is 5.52. The molecular formula is C49H56N4O5SSi. The van der Waals surface area contributed by atoms with Crippen molar-refractivity contribution in [1.29, 1.82) is 0 Å². The SMILES string of the molecule is CCCC[S@@+]([O-])N1Cc2cc(C(=O)NCc3ccc4c(c3)OCO4)nc(-c3cccc(C#CCN(C)C)c3)c2[C@H]1CCO[Si](c1ccccc1)(c1ccccc1)C(C)(C)C. The van der Waals surface area contributed by atoms with Crippen LogP contribution in [0, 0.1) is 11.8 Å². The van der Waals surface area contributed by atoms with Crippen LogP contribution in [0.2, 0.25) is 5.04 Å². The number of unbranched alkanes of at least 4 members (excludes halogenated alkanes) is 1. The molecule has 11 heteroatoms. The van der Waals surface area contributed by atoms with Gasteiger partial charge < -0.3 is 23.8 Å². The highest BCUT2D eigenvalue weighted by Crippen LogP contribution is 2.45. The van der Waals surface area contributed by atoms with Gasteiger partial charge >= 0.3 is 0 Å². The van der Waals surface area contributed by atoms with Gasteiger partial charge in [0.25, 0.3) is 14.2 Å². The lowest BCUT2D eigenvalue weighted by atomic mass is 9.95. The molecule has 312 valence electrons. The highest BCUT2D eigenvalue weighted by Gasteiger charge is 2.50. The quantitative estimate of drug-likeness (QED) is 0.0654. The number of amides is 1. The zero-order chi connectivity index (χ0) is 42.3. The van der Waals surface area contributed by atoms with Crippen molar-refractivity contribution in [3.63, 3.8) is 0 Å². The Bertz CT molecular complexity index is 2290. The first-order chi connectivity index (χ1) is 29.0. The number of rotatable bonds is 15. The summed E-state index contributed by atoms with van der Waals surface area (Å²) in [7, 11) is 1.14. The summed E-state index contributed by atoms with van der Waals surface area (Å²) in [4.78, 5) is 21.2. The second-order valence-corrected chi connectivity index (χ2v) is 22.5. The van der Waals surface area contributed by atoms with Crippen molar-refractivity contribution in [2.75, 3.05) is 39.8 Å². The Morgan fingerprint density at radius 2 is 1.68 bits per heavy atom. The van der Waals surface area contributed by atoms with Crippen LogP contribution in [-0.4, -0.2) is 72.8 Å². The molecule has 0 spiro atoms. The molecular weight excluding hydrogens is 785 g/mol. The minimum absolute atomic E-state index is 0.183. The molecule has 60 heavy (non-hydrogen) atoms. The standard InChI is InChI=1S/C49H56N4O5SSi/c1-7-8-29-59(55)53-34-39-32-42(48(54)50-33-37-24-25-44-45(31-37)57-35-56-44)51-47(38-19-15-17-36(30-38)18-16-27-52(5)6)46(39)43(53)26-28-58-60(49(2,3)4,40-20-11-9-12-21-40)41-22-13-10-14-23-41/h9-15,17,19-25,30-32,43H,7-8,26-29,33-35H2,1-6H3,(H,50,54)/t43-,59-/m1/s1. The summed E-state index contributed by atoms with van der Waals surface area (Å²) in [5.74, 6) is 8.18. The molecule has 5 aromatic rings. The van der Waals surface area contributed by atoms with Crippen molar-refractivity contribution < 1.29 is 23.2 Å². The Kier molecular flexibility index (Phi) is 13.8. The number of carbonyl (C=O) groups excluding carboxylic acids is 1. The maximum atomic E-state index is 14.3. The zero-order valence-electron chi connectivity index (χ0n) is 35.6. The first-order valence-corrected chi connectivity index (χ1v) is 24.0. The number of aromatic nitrogens is 1. The topological polar surface area (TPSA) is 99.2 Å². The molecule has 0 saturated heterocycles. The predicted molar refractivity (Wildman–Crippen MR) is 243 cm³/mol. The number of fused-ring (bicyclic) bond motifs is 2. The monoisotopic (exact) mass is 840 g/mol. The lowest BCUT2D eigenvalue weighted by molar-refractivity contribution is 0.0945. The van der Waals surface area contributed by atoms with Gasteiger partial charge in [0, 0.05) is 41.2 Å². The molecule has 0 bridgehead atoms. The van der Waals surface area contributed by atoms with Gasteiger partial charge in [-0.2, -0.15) is 0 Å². The number of pyridine rings is 1. The van der Waals surface area contributed by atoms with Crippen LogP contribution in [-0.2, 0) is 28.9 Å². The molecule has 9 nitrogen and oxygen atoms in total. The summed E-state index contributed by atoms with van der Waals surface area (Å²) in [6.45, 7) is 10.9. The second kappa shape index (κ2) is 19.2. The maximum Gasteiger partial charge on any atom is 0.270 e. The molecule has 0 unspecified atom stereocenters.